The summed E-state index contributed by atoms with van der Waals surface area (Å²) in [6, 6.07) is 0. The van der Waals surface area contributed by atoms with Gasteiger partial charge in [0.05, 0.1) is 12.7 Å². The Kier molecular flexibility index (Phi) is 6.53. The molecule has 0 aliphatic carbocycles. The Labute approximate surface area is 159 Å². The first-order chi connectivity index (χ1) is 11.5. The number of allylic oxidation sites excluding steroid dienone is 1. The van der Waals surface area contributed by atoms with Crippen molar-refractivity contribution < 1.29 is 27.2 Å². The highest BCUT2D eigenvalue weighted by Crippen LogP contribution is 2.43. The molecular weight excluding hydrogens is 374 g/mol. The largest absolute Gasteiger partial charge is 0.464 e. The van der Waals surface area contributed by atoms with E-state index in [1.54, 1.807) is 27.7 Å². The predicted octanol–water partition coefficient (Wildman–Crippen LogP) is 1.38. The monoisotopic (exact) mass is 405 g/mol. The van der Waals surface area contributed by atoms with E-state index < -0.39 is 48.4 Å². The second-order valence-corrected chi connectivity index (χ2v) is 13.5. The molecule has 1 aliphatic heterocycles. The molecule has 7 nitrogen and oxygen atoms in total. The molecule has 0 aromatic rings. The number of carbonyl (C=O) groups excluding carboxylic acids is 2. The molecule has 1 heterocycles. The van der Waals surface area contributed by atoms with E-state index in [0.29, 0.717) is 5.57 Å². The molecule has 0 radical (unpaired) electrons. The molecule has 0 N–H and O–H groups in total. The van der Waals surface area contributed by atoms with Gasteiger partial charge in [0.1, 0.15) is 11.6 Å². The summed E-state index contributed by atoms with van der Waals surface area (Å²) in [5.41, 5.74) is -0.447. The summed E-state index contributed by atoms with van der Waals surface area (Å²) in [5.74, 6) is -2.03. The molecule has 0 aromatic carbocycles. The number of amides is 1. The van der Waals surface area contributed by atoms with E-state index in [-0.39, 0.29) is 10.7 Å². The van der Waals surface area contributed by atoms with Gasteiger partial charge in [0, 0.05) is 6.26 Å². The first-order valence-electron chi connectivity index (χ1n) is 8.46. The highest BCUT2D eigenvalue weighted by atomic mass is 32.2. The SMILES string of the molecule is COC(=O)C(=C(C)C)N1C(=O)[C@H](C(C)(C)O[SiH2]C(C)(C)C)[C@H]1S(C)(=O)=O. The quantitative estimate of drug-likeness (QED) is 0.287. The van der Waals surface area contributed by atoms with Gasteiger partial charge in [0.25, 0.3) is 0 Å². The van der Waals surface area contributed by atoms with Gasteiger partial charge >= 0.3 is 5.97 Å². The van der Waals surface area contributed by atoms with Gasteiger partial charge in [-0.1, -0.05) is 20.8 Å². The maximum Gasteiger partial charge on any atom is 0.354 e. The maximum atomic E-state index is 12.9. The van der Waals surface area contributed by atoms with Crippen LogP contribution in [0.2, 0.25) is 5.04 Å². The van der Waals surface area contributed by atoms with Gasteiger partial charge in [-0.2, -0.15) is 0 Å². The number of likely N-dealkylation sites (tertiary alicyclic amines) is 1. The van der Waals surface area contributed by atoms with Crippen LogP contribution in [0.5, 0.6) is 0 Å². The molecular formula is C17H31NO6SSi. The smallest absolute Gasteiger partial charge is 0.354 e. The predicted molar refractivity (Wildman–Crippen MR) is 103 cm³/mol. The summed E-state index contributed by atoms with van der Waals surface area (Å²) in [4.78, 5) is 26.1. The van der Waals surface area contributed by atoms with Crippen LogP contribution in [0.25, 0.3) is 0 Å². The van der Waals surface area contributed by atoms with Crippen LogP contribution < -0.4 is 0 Å². The van der Waals surface area contributed by atoms with Crippen molar-refractivity contribution in [2.45, 2.75) is 64.5 Å². The van der Waals surface area contributed by atoms with Crippen molar-refractivity contribution in [2.75, 3.05) is 13.4 Å². The topological polar surface area (TPSA) is 90.0 Å². The van der Waals surface area contributed by atoms with Crippen molar-refractivity contribution in [2.24, 2.45) is 5.92 Å². The molecule has 0 saturated carbocycles. The van der Waals surface area contributed by atoms with E-state index in [1.165, 1.54) is 7.11 Å². The lowest BCUT2D eigenvalue weighted by Crippen LogP contribution is -2.70. The first kappa shape index (κ1) is 22.8. The van der Waals surface area contributed by atoms with Gasteiger partial charge in [-0.3, -0.25) is 9.69 Å². The van der Waals surface area contributed by atoms with Crippen LogP contribution in [0.1, 0.15) is 48.5 Å². The number of sulfone groups is 1. The standard InChI is InChI=1S/C17H31NO6SSi/c1-10(2)12(15(20)23-8)18-13(19)11(14(18)25(9,21)22)17(6,7)24-26-16(3,4)5/h11,14H,26H2,1-9H3/t11-,14+/m0/s1. The minimum absolute atomic E-state index is 0.00141. The summed E-state index contributed by atoms with van der Waals surface area (Å²) >= 11 is 0. The summed E-state index contributed by atoms with van der Waals surface area (Å²) in [5, 5.41) is -1.15. The van der Waals surface area contributed by atoms with E-state index in [0.717, 1.165) is 11.2 Å². The lowest BCUT2D eigenvalue weighted by atomic mass is 9.82. The summed E-state index contributed by atoms with van der Waals surface area (Å²) < 4.78 is 35.7. The number of methoxy groups -OCH3 is 1. The van der Waals surface area contributed by atoms with Crippen LogP contribution >= 0.6 is 0 Å². The third kappa shape index (κ3) is 4.75. The van der Waals surface area contributed by atoms with Crippen molar-refractivity contribution in [3.05, 3.63) is 11.3 Å². The first-order valence-corrected chi connectivity index (χ1v) is 11.7. The molecule has 1 rings (SSSR count). The summed E-state index contributed by atoms with van der Waals surface area (Å²) in [6.07, 6.45) is 1.07. The van der Waals surface area contributed by atoms with E-state index in [4.69, 9.17) is 9.16 Å². The van der Waals surface area contributed by atoms with Crippen molar-refractivity contribution in [3.8, 4) is 0 Å². The fourth-order valence-corrected chi connectivity index (χ4v) is 5.43. The van der Waals surface area contributed by atoms with Crippen molar-refractivity contribution in [3.63, 3.8) is 0 Å². The molecule has 9 heteroatoms. The second kappa shape index (κ2) is 7.44. The molecule has 1 aliphatic rings. The zero-order valence-corrected chi connectivity index (χ0v) is 19.4. The fraction of sp³-hybridized carbons (Fsp3) is 0.765. The van der Waals surface area contributed by atoms with Crippen LogP contribution in [0, 0.1) is 5.92 Å². The molecule has 1 saturated heterocycles. The Bertz CT molecular complexity index is 716. The van der Waals surface area contributed by atoms with E-state index in [2.05, 4.69) is 20.8 Å². The molecule has 0 bridgehead atoms. The highest BCUT2D eigenvalue weighted by Gasteiger charge is 2.61. The minimum atomic E-state index is -3.66. The Balaban J connectivity index is 3.32. The normalized spacial score (nSPS) is 21.7. The number of rotatable bonds is 6. The molecule has 0 unspecified atom stereocenters. The van der Waals surface area contributed by atoms with E-state index in [1.807, 2.05) is 0 Å². The van der Waals surface area contributed by atoms with Crippen molar-refractivity contribution in [1.29, 1.82) is 0 Å². The lowest BCUT2D eigenvalue weighted by molar-refractivity contribution is -0.163. The van der Waals surface area contributed by atoms with Crippen LogP contribution in [-0.4, -0.2) is 59.3 Å². The number of carbonyl (C=O) groups is 2. The highest BCUT2D eigenvalue weighted by molar-refractivity contribution is 7.91. The zero-order valence-electron chi connectivity index (χ0n) is 17.2. The fourth-order valence-electron chi connectivity index (χ4n) is 2.91. The molecule has 0 spiro atoms. The number of nitrogens with zero attached hydrogens (tertiary/aromatic N) is 1. The average molecular weight is 406 g/mol. The molecule has 2 atom stereocenters. The Morgan fingerprint density at radius 1 is 1.15 bits per heavy atom. The molecule has 26 heavy (non-hydrogen) atoms. The summed E-state index contributed by atoms with van der Waals surface area (Å²) in [6.45, 7) is 12.9. The van der Waals surface area contributed by atoms with E-state index in [9.17, 15) is 18.0 Å². The molecule has 0 aromatic heterocycles. The van der Waals surface area contributed by atoms with E-state index >= 15 is 0 Å². The number of hydrogen-bond acceptors (Lipinski definition) is 6. The van der Waals surface area contributed by atoms with Gasteiger partial charge in [0.2, 0.25) is 5.91 Å². The lowest BCUT2D eigenvalue weighted by Gasteiger charge is -2.52. The van der Waals surface area contributed by atoms with Gasteiger partial charge in [-0.25, -0.2) is 13.2 Å². The summed E-state index contributed by atoms with van der Waals surface area (Å²) in [7, 11) is -3.46. The Morgan fingerprint density at radius 2 is 1.65 bits per heavy atom. The number of β-lactam (4-membered cyclic amide) rings is 1. The second-order valence-electron chi connectivity index (χ2n) is 8.70. The number of ether oxygens (including phenoxy) is 1. The zero-order chi connectivity index (χ0) is 20.7. The number of hydrogen-bond donors (Lipinski definition) is 0. The molecule has 1 amide bonds. The molecule has 150 valence electrons. The average Bonchev–Trinajstić information content (AvgIpc) is 2.44. The van der Waals surface area contributed by atoms with Crippen LogP contribution in [0.15, 0.2) is 11.3 Å². The van der Waals surface area contributed by atoms with Crippen molar-refractivity contribution >= 4 is 31.5 Å². The maximum absolute atomic E-state index is 12.9. The van der Waals surface area contributed by atoms with Crippen LogP contribution in [0.3, 0.4) is 0 Å². The van der Waals surface area contributed by atoms with Crippen molar-refractivity contribution in [1.82, 2.24) is 4.90 Å². The van der Waals surface area contributed by atoms with Crippen LogP contribution in [0.4, 0.5) is 0 Å². The van der Waals surface area contributed by atoms with Gasteiger partial charge < -0.3 is 9.16 Å². The number of esters is 1. The van der Waals surface area contributed by atoms with Crippen LogP contribution in [-0.2, 0) is 28.6 Å². The van der Waals surface area contributed by atoms with Gasteiger partial charge in [-0.15, -0.1) is 0 Å². The van der Waals surface area contributed by atoms with Gasteiger partial charge in [-0.05, 0) is 38.3 Å². The minimum Gasteiger partial charge on any atom is -0.464 e. The third-order valence-electron chi connectivity index (χ3n) is 4.20. The van der Waals surface area contributed by atoms with Gasteiger partial charge in [0.15, 0.2) is 25.0 Å². The Morgan fingerprint density at radius 3 is 2.00 bits per heavy atom. The third-order valence-corrected chi connectivity index (χ3v) is 7.32. The molecule has 1 fully saturated rings. The Hall–Kier alpha value is -1.19.